The van der Waals surface area contributed by atoms with Crippen molar-refractivity contribution in [2.45, 2.75) is 39.0 Å². The van der Waals surface area contributed by atoms with E-state index in [0.717, 1.165) is 19.3 Å². The number of nitrogens with zero attached hydrogens (tertiary/aromatic N) is 1. The minimum Gasteiger partial charge on any atom is -0.511 e. The predicted octanol–water partition coefficient (Wildman–Crippen LogP) is 2.35. The summed E-state index contributed by atoms with van der Waals surface area (Å²) >= 11 is 0. The summed E-state index contributed by atoms with van der Waals surface area (Å²) < 4.78 is 0. The van der Waals surface area contributed by atoms with Crippen LogP contribution in [0.3, 0.4) is 0 Å². The molecule has 0 saturated heterocycles. The monoisotopic (exact) mass is 234 g/mol. The first-order valence-corrected chi connectivity index (χ1v) is 5.91. The van der Waals surface area contributed by atoms with Gasteiger partial charge < -0.3 is 10.4 Å². The summed E-state index contributed by atoms with van der Waals surface area (Å²) in [6.07, 6.45) is 7.76. The van der Waals surface area contributed by atoms with Crippen LogP contribution < -0.4 is 5.32 Å². The SMILES string of the molecule is CC(O)=C(C#N)C(=O)NCCC1=CCCCC1. The van der Waals surface area contributed by atoms with Crippen LogP contribution in [0, 0.1) is 11.3 Å². The Bertz CT molecular complexity index is 385. The van der Waals surface area contributed by atoms with Crippen LogP contribution in [0.2, 0.25) is 0 Å². The van der Waals surface area contributed by atoms with Gasteiger partial charge in [0, 0.05) is 6.54 Å². The number of nitriles is 1. The van der Waals surface area contributed by atoms with Gasteiger partial charge in [-0.05, 0) is 39.0 Å². The molecule has 4 heteroatoms. The van der Waals surface area contributed by atoms with Crippen molar-refractivity contribution in [3.8, 4) is 6.07 Å². The Balaban J connectivity index is 2.37. The molecular weight excluding hydrogens is 216 g/mol. The first-order valence-electron chi connectivity index (χ1n) is 5.91. The van der Waals surface area contributed by atoms with E-state index in [9.17, 15) is 4.79 Å². The summed E-state index contributed by atoms with van der Waals surface area (Å²) in [5.41, 5.74) is 1.17. The van der Waals surface area contributed by atoms with Crippen LogP contribution in [0.25, 0.3) is 0 Å². The minimum atomic E-state index is -0.496. The van der Waals surface area contributed by atoms with Crippen LogP contribution in [0.5, 0.6) is 0 Å². The molecule has 1 amide bonds. The van der Waals surface area contributed by atoms with E-state index in [1.54, 1.807) is 6.07 Å². The second-order valence-corrected chi connectivity index (χ2v) is 4.19. The number of aliphatic hydroxyl groups excluding tert-OH is 1. The Morgan fingerprint density at radius 3 is 2.88 bits per heavy atom. The molecule has 1 rings (SSSR count). The van der Waals surface area contributed by atoms with Crippen molar-refractivity contribution < 1.29 is 9.90 Å². The molecule has 92 valence electrons. The van der Waals surface area contributed by atoms with E-state index >= 15 is 0 Å². The third-order valence-corrected chi connectivity index (χ3v) is 2.82. The number of amides is 1. The molecule has 0 unspecified atom stereocenters. The highest BCUT2D eigenvalue weighted by Crippen LogP contribution is 2.19. The molecule has 0 aromatic rings. The zero-order chi connectivity index (χ0) is 12.7. The van der Waals surface area contributed by atoms with E-state index in [1.807, 2.05) is 0 Å². The van der Waals surface area contributed by atoms with Gasteiger partial charge in [0.1, 0.15) is 11.8 Å². The van der Waals surface area contributed by atoms with E-state index in [2.05, 4.69) is 11.4 Å². The number of hydrogen-bond donors (Lipinski definition) is 2. The zero-order valence-corrected chi connectivity index (χ0v) is 10.1. The molecule has 1 aliphatic rings. The van der Waals surface area contributed by atoms with Crippen LogP contribution in [0.15, 0.2) is 23.0 Å². The smallest absolute Gasteiger partial charge is 0.265 e. The largest absolute Gasteiger partial charge is 0.511 e. The van der Waals surface area contributed by atoms with E-state index in [-0.39, 0.29) is 11.3 Å². The van der Waals surface area contributed by atoms with Crippen molar-refractivity contribution in [3.63, 3.8) is 0 Å². The lowest BCUT2D eigenvalue weighted by Crippen LogP contribution is -2.26. The molecule has 0 spiro atoms. The van der Waals surface area contributed by atoms with Crippen molar-refractivity contribution >= 4 is 5.91 Å². The molecule has 4 nitrogen and oxygen atoms in total. The average molecular weight is 234 g/mol. The van der Waals surface area contributed by atoms with Crippen LogP contribution in [0.4, 0.5) is 0 Å². The Kier molecular flexibility index (Phi) is 5.28. The summed E-state index contributed by atoms with van der Waals surface area (Å²) in [6, 6.07) is 1.69. The van der Waals surface area contributed by atoms with Gasteiger partial charge in [0.05, 0.1) is 0 Å². The van der Waals surface area contributed by atoms with Gasteiger partial charge in [0.2, 0.25) is 0 Å². The lowest BCUT2D eigenvalue weighted by atomic mass is 9.97. The molecule has 2 N–H and O–H groups in total. The van der Waals surface area contributed by atoms with E-state index in [0.29, 0.717) is 6.54 Å². The molecule has 0 aromatic carbocycles. The molecule has 0 aromatic heterocycles. The maximum atomic E-state index is 11.5. The summed E-state index contributed by atoms with van der Waals surface area (Å²) in [6.45, 7) is 1.85. The van der Waals surface area contributed by atoms with E-state index in [4.69, 9.17) is 10.4 Å². The van der Waals surface area contributed by atoms with Gasteiger partial charge in [-0.25, -0.2) is 0 Å². The van der Waals surface area contributed by atoms with Crippen molar-refractivity contribution in [3.05, 3.63) is 23.0 Å². The molecular formula is C13H18N2O2. The van der Waals surface area contributed by atoms with Gasteiger partial charge in [-0.1, -0.05) is 11.6 Å². The molecule has 1 aliphatic carbocycles. The predicted molar refractivity (Wildman–Crippen MR) is 65.1 cm³/mol. The Labute approximate surface area is 102 Å². The van der Waals surface area contributed by atoms with Crippen LogP contribution in [-0.4, -0.2) is 17.6 Å². The highest BCUT2D eigenvalue weighted by molar-refractivity contribution is 5.97. The number of aliphatic hydroxyl groups is 1. The van der Waals surface area contributed by atoms with Crippen LogP contribution in [-0.2, 0) is 4.79 Å². The van der Waals surface area contributed by atoms with Crippen molar-refractivity contribution in [1.82, 2.24) is 5.32 Å². The van der Waals surface area contributed by atoms with Gasteiger partial charge in [0.25, 0.3) is 5.91 Å². The fourth-order valence-corrected chi connectivity index (χ4v) is 1.85. The second kappa shape index (κ2) is 6.74. The third kappa shape index (κ3) is 4.31. The van der Waals surface area contributed by atoms with Crippen LogP contribution in [0.1, 0.15) is 39.0 Å². The number of carbonyl (C=O) groups excluding carboxylic acids is 1. The van der Waals surface area contributed by atoms with Gasteiger partial charge in [-0.15, -0.1) is 0 Å². The molecule has 0 heterocycles. The normalized spacial score (nSPS) is 16.6. The Hall–Kier alpha value is -1.76. The van der Waals surface area contributed by atoms with Gasteiger partial charge >= 0.3 is 0 Å². The highest BCUT2D eigenvalue weighted by atomic mass is 16.3. The third-order valence-electron chi connectivity index (χ3n) is 2.82. The molecule has 0 radical (unpaired) electrons. The van der Waals surface area contributed by atoms with Gasteiger partial charge in [0.15, 0.2) is 5.57 Å². The van der Waals surface area contributed by atoms with Crippen molar-refractivity contribution in [2.24, 2.45) is 0 Å². The molecule has 0 saturated carbocycles. The second-order valence-electron chi connectivity index (χ2n) is 4.19. The lowest BCUT2D eigenvalue weighted by molar-refractivity contribution is -0.117. The first-order chi connectivity index (χ1) is 8.15. The standard InChI is InChI=1S/C13H18N2O2/c1-10(16)12(9-14)13(17)15-8-7-11-5-3-2-4-6-11/h5,16H,2-4,6-8H2,1H3,(H,15,17). The van der Waals surface area contributed by atoms with Crippen molar-refractivity contribution in [1.29, 1.82) is 5.26 Å². The number of carbonyl (C=O) groups is 1. The molecule has 0 aliphatic heterocycles. The van der Waals surface area contributed by atoms with Crippen LogP contribution >= 0.6 is 0 Å². The number of hydrogen-bond acceptors (Lipinski definition) is 3. The van der Waals surface area contributed by atoms with E-state index < -0.39 is 5.91 Å². The molecule has 0 bridgehead atoms. The number of rotatable bonds is 4. The fraction of sp³-hybridized carbons (Fsp3) is 0.538. The molecule has 0 fully saturated rings. The van der Waals surface area contributed by atoms with Gasteiger partial charge in [-0.2, -0.15) is 5.26 Å². The quantitative estimate of drug-likeness (QED) is 0.339. The summed E-state index contributed by atoms with van der Waals surface area (Å²) in [7, 11) is 0. The van der Waals surface area contributed by atoms with E-state index in [1.165, 1.54) is 25.3 Å². The first kappa shape index (κ1) is 13.3. The Morgan fingerprint density at radius 1 is 1.59 bits per heavy atom. The summed E-state index contributed by atoms with van der Waals surface area (Å²) in [5, 5.41) is 20.4. The summed E-state index contributed by atoms with van der Waals surface area (Å²) in [5.74, 6) is -0.731. The number of nitrogens with one attached hydrogen (secondary N) is 1. The molecule has 17 heavy (non-hydrogen) atoms. The highest BCUT2D eigenvalue weighted by Gasteiger charge is 2.12. The Morgan fingerprint density at radius 2 is 2.35 bits per heavy atom. The average Bonchev–Trinajstić information content (AvgIpc) is 2.30. The molecule has 0 atom stereocenters. The number of allylic oxidation sites excluding steroid dienone is 2. The topological polar surface area (TPSA) is 73.1 Å². The summed E-state index contributed by atoms with van der Waals surface area (Å²) in [4.78, 5) is 11.5. The zero-order valence-electron chi connectivity index (χ0n) is 10.1. The lowest BCUT2D eigenvalue weighted by Gasteiger charge is -2.12. The van der Waals surface area contributed by atoms with Gasteiger partial charge in [-0.3, -0.25) is 4.79 Å². The maximum absolute atomic E-state index is 11.5. The van der Waals surface area contributed by atoms with Crippen molar-refractivity contribution in [2.75, 3.05) is 6.54 Å². The fourth-order valence-electron chi connectivity index (χ4n) is 1.85. The minimum absolute atomic E-state index is 0.206. The maximum Gasteiger partial charge on any atom is 0.265 e.